The molecule has 2 aliphatic carbocycles. The molecule has 2 aromatic carbocycles. The van der Waals surface area contributed by atoms with E-state index in [0.29, 0.717) is 30.8 Å². The van der Waals surface area contributed by atoms with E-state index in [9.17, 15) is 19.8 Å². The summed E-state index contributed by atoms with van der Waals surface area (Å²) in [6.45, 7) is 5.60. The number of aromatic nitrogens is 2. The summed E-state index contributed by atoms with van der Waals surface area (Å²) in [7, 11) is 0. The standard InChI is InChI=1S/C33H41N5O4/c1-21(2)38(31(40)41)26-15-9-22(10-16-26)17-29(39)35-28-18-27(23-7-5-4-6-8-23)30(37-36-28)24-11-13-25(14-12-24)33(34)19-32(3,42)20-33/h4-8,11-14,18,21-22,26,42H,9-10,15-17,19-20,34H2,1-3H3,(H,40,41)(H,35,36,39)/t22?,26?,32-,33-. The highest BCUT2D eigenvalue weighted by Crippen LogP contribution is 2.46. The zero-order chi connectivity index (χ0) is 30.1. The van der Waals surface area contributed by atoms with Gasteiger partial charge < -0.3 is 26.2 Å². The van der Waals surface area contributed by atoms with E-state index in [1.165, 1.54) is 4.90 Å². The third-order valence-electron chi connectivity index (χ3n) is 8.73. The number of benzene rings is 2. The molecule has 42 heavy (non-hydrogen) atoms. The van der Waals surface area contributed by atoms with E-state index < -0.39 is 17.2 Å². The van der Waals surface area contributed by atoms with Crippen molar-refractivity contribution in [2.24, 2.45) is 11.7 Å². The van der Waals surface area contributed by atoms with Gasteiger partial charge in [-0.15, -0.1) is 10.2 Å². The number of nitrogens with two attached hydrogens (primary N) is 1. The lowest BCUT2D eigenvalue weighted by molar-refractivity contribution is -0.117. The van der Waals surface area contributed by atoms with E-state index >= 15 is 0 Å². The molecular weight excluding hydrogens is 530 g/mol. The van der Waals surface area contributed by atoms with E-state index in [2.05, 4.69) is 15.5 Å². The van der Waals surface area contributed by atoms with Gasteiger partial charge in [-0.1, -0.05) is 54.6 Å². The molecule has 1 heterocycles. The molecule has 1 aromatic heterocycles. The number of rotatable bonds is 8. The van der Waals surface area contributed by atoms with Crippen molar-refractivity contribution in [3.63, 3.8) is 0 Å². The Labute approximate surface area is 247 Å². The zero-order valence-electron chi connectivity index (χ0n) is 24.6. The van der Waals surface area contributed by atoms with Crippen molar-refractivity contribution in [1.29, 1.82) is 0 Å². The van der Waals surface area contributed by atoms with Crippen LogP contribution >= 0.6 is 0 Å². The molecule has 0 atom stereocenters. The van der Waals surface area contributed by atoms with Crippen LogP contribution < -0.4 is 11.1 Å². The van der Waals surface area contributed by atoms with Crippen LogP contribution in [0.1, 0.15) is 71.3 Å². The molecule has 2 fully saturated rings. The fraction of sp³-hybridized carbons (Fsp3) is 0.455. The predicted octanol–water partition coefficient (Wildman–Crippen LogP) is 5.79. The summed E-state index contributed by atoms with van der Waals surface area (Å²) in [5, 5.41) is 31.6. The number of carbonyl (C=O) groups excluding carboxylic acids is 1. The summed E-state index contributed by atoms with van der Waals surface area (Å²) in [5.41, 5.74) is 9.64. The van der Waals surface area contributed by atoms with Crippen LogP contribution in [-0.2, 0) is 10.3 Å². The van der Waals surface area contributed by atoms with Gasteiger partial charge in [0.1, 0.15) is 5.69 Å². The summed E-state index contributed by atoms with van der Waals surface area (Å²) in [6.07, 6.45) is 3.66. The Morgan fingerprint density at radius 3 is 2.21 bits per heavy atom. The van der Waals surface area contributed by atoms with Gasteiger partial charge in [0.15, 0.2) is 5.82 Å². The van der Waals surface area contributed by atoms with E-state index in [4.69, 9.17) is 5.73 Å². The summed E-state index contributed by atoms with van der Waals surface area (Å²) in [4.78, 5) is 26.2. The molecule has 0 spiro atoms. The minimum atomic E-state index is -0.880. The van der Waals surface area contributed by atoms with E-state index in [1.54, 1.807) is 0 Å². The number of carbonyl (C=O) groups is 2. The first-order chi connectivity index (χ1) is 19.9. The van der Waals surface area contributed by atoms with Gasteiger partial charge in [-0.05, 0) is 82.4 Å². The number of carboxylic acid groups (broad SMARTS) is 1. The smallest absolute Gasteiger partial charge is 0.407 e. The number of nitrogens with zero attached hydrogens (tertiary/aromatic N) is 3. The Bertz CT molecular complexity index is 1410. The first-order valence-corrected chi connectivity index (χ1v) is 14.8. The Hall–Kier alpha value is -3.82. The maximum atomic E-state index is 13.0. The topological polar surface area (TPSA) is 142 Å². The maximum Gasteiger partial charge on any atom is 0.407 e. The molecule has 2 aliphatic rings. The van der Waals surface area contributed by atoms with Crippen LogP contribution in [-0.4, -0.2) is 55.0 Å². The third-order valence-corrected chi connectivity index (χ3v) is 8.73. The predicted molar refractivity (Wildman–Crippen MR) is 163 cm³/mol. The van der Waals surface area contributed by atoms with Gasteiger partial charge in [0.2, 0.25) is 5.91 Å². The molecule has 2 saturated carbocycles. The molecule has 9 heteroatoms. The molecule has 0 radical (unpaired) electrons. The van der Waals surface area contributed by atoms with Crippen LogP contribution in [0.2, 0.25) is 0 Å². The fourth-order valence-corrected chi connectivity index (χ4v) is 6.86. The summed E-state index contributed by atoms with van der Waals surface area (Å²) in [6, 6.07) is 19.6. The second-order valence-electron chi connectivity index (χ2n) is 12.7. The van der Waals surface area contributed by atoms with E-state index in [0.717, 1.165) is 47.9 Å². The van der Waals surface area contributed by atoms with Crippen molar-refractivity contribution >= 4 is 17.8 Å². The van der Waals surface area contributed by atoms with Crippen molar-refractivity contribution < 1.29 is 19.8 Å². The minimum absolute atomic E-state index is 0.00158. The van der Waals surface area contributed by atoms with Crippen LogP contribution in [0.5, 0.6) is 0 Å². The van der Waals surface area contributed by atoms with Gasteiger partial charge >= 0.3 is 6.09 Å². The van der Waals surface area contributed by atoms with Crippen LogP contribution in [0.3, 0.4) is 0 Å². The van der Waals surface area contributed by atoms with Gasteiger partial charge in [-0.25, -0.2) is 4.79 Å². The Morgan fingerprint density at radius 2 is 1.64 bits per heavy atom. The van der Waals surface area contributed by atoms with Crippen LogP contribution in [0.25, 0.3) is 22.4 Å². The lowest BCUT2D eigenvalue weighted by Gasteiger charge is -2.49. The average molecular weight is 572 g/mol. The lowest BCUT2D eigenvalue weighted by Crippen LogP contribution is -2.58. The number of nitrogens with one attached hydrogen (secondary N) is 1. The Morgan fingerprint density at radius 1 is 1.00 bits per heavy atom. The highest BCUT2D eigenvalue weighted by Gasteiger charge is 2.49. The van der Waals surface area contributed by atoms with Crippen LogP contribution in [0.15, 0.2) is 60.7 Å². The molecular formula is C33H41N5O4. The molecule has 2 amide bonds. The van der Waals surface area contributed by atoms with Crippen molar-refractivity contribution in [2.45, 2.75) is 88.9 Å². The molecule has 5 rings (SSSR count). The number of aliphatic hydroxyl groups is 1. The number of anilines is 1. The fourth-order valence-electron chi connectivity index (χ4n) is 6.86. The highest BCUT2D eigenvalue weighted by molar-refractivity contribution is 5.91. The SMILES string of the molecule is CC(C)N(C(=O)O)C1CCC(CC(=O)Nc2cc(-c3ccccc3)c(-c3ccc([C@]4(N)C[C@](C)(O)C4)cc3)nn2)CC1. The number of hydrogen-bond donors (Lipinski definition) is 4. The maximum absolute atomic E-state index is 13.0. The minimum Gasteiger partial charge on any atom is -0.465 e. The molecule has 0 unspecified atom stereocenters. The Balaban J connectivity index is 1.28. The largest absolute Gasteiger partial charge is 0.465 e. The molecule has 3 aromatic rings. The quantitative estimate of drug-likeness (QED) is 0.268. The molecule has 9 nitrogen and oxygen atoms in total. The second-order valence-corrected chi connectivity index (χ2v) is 12.7. The zero-order valence-corrected chi connectivity index (χ0v) is 24.6. The average Bonchev–Trinajstić information content (AvgIpc) is 2.93. The summed E-state index contributed by atoms with van der Waals surface area (Å²) < 4.78 is 0. The lowest BCUT2D eigenvalue weighted by atomic mass is 9.63. The highest BCUT2D eigenvalue weighted by atomic mass is 16.4. The van der Waals surface area contributed by atoms with E-state index in [-0.39, 0.29) is 23.9 Å². The van der Waals surface area contributed by atoms with Gasteiger partial charge in [0.05, 0.1) is 5.60 Å². The van der Waals surface area contributed by atoms with Crippen molar-refractivity contribution in [3.05, 3.63) is 66.2 Å². The normalized spacial score (nSPS) is 25.5. The molecule has 222 valence electrons. The molecule has 0 saturated heterocycles. The van der Waals surface area contributed by atoms with Crippen molar-refractivity contribution in [1.82, 2.24) is 15.1 Å². The molecule has 0 aliphatic heterocycles. The molecule has 0 bridgehead atoms. The monoisotopic (exact) mass is 571 g/mol. The van der Waals surface area contributed by atoms with Crippen LogP contribution in [0.4, 0.5) is 10.6 Å². The van der Waals surface area contributed by atoms with Crippen molar-refractivity contribution in [3.8, 4) is 22.4 Å². The first-order valence-electron chi connectivity index (χ1n) is 14.8. The second kappa shape index (κ2) is 11.8. The Kier molecular flexibility index (Phi) is 8.35. The van der Waals surface area contributed by atoms with Gasteiger partial charge in [0, 0.05) is 35.2 Å². The van der Waals surface area contributed by atoms with Gasteiger partial charge in [-0.3, -0.25) is 4.79 Å². The summed E-state index contributed by atoms with van der Waals surface area (Å²) >= 11 is 0. The van der Waals surface area contributed by atoms with Gasteiger partial charge in [-0.2, -0.15) is 0 Å². The molecule has 5 N–H and O–H groups in total. The van der Waals surface area contributed by atoms with Crippen molar-refractivity contribution in [2.75, 3.05) is 5.32 Å². The van der Waals surface area contributed by atoms with Crippen LogP contribution in [0, 0.1) is 5.92 Å². The number of amides is 2. The van der Waals surface area contributed by atoms with Gasteiger partial charge in [0.25, 0.3) is 0 Å². The van der Waals surface area contributed by atoms with E-state index in [1.807, 2.05) is 81.4 Å². The summed E-state index contributed by atoms with van der Waals surface area (Å²) in [5.74, 6) is 0.475. The number of hydrogen-bond acceptors (Lipinski definition) is 6. The first kappa shape index (κ1) is 29.7. The third kappa shape index (κ3) is 6.47.